The lowest BCUT2D eigenvalue weighted by atomic mass is 10.2. The average molecular weight is 328 g/mol. The number of halogens is 2. The lowest BCUT2D eigenvalue weighted by molar-refractivity contribution is -0.144. The molecular weight excluding hydrogens is 313 g/mol. The normalized spacial score (nSPS) is 10.8. The molecule has 21 heavy (non-hydrogen) atoms. The van der Waals surface area contributed by atoms with Crippen LogP contribution in [0.5, 0.6) is 0 Å². The molecule has 0 amide bonds. The van der Waals surface area contributed by atoms with Gasteiger partial charge >= 0.3 is 5.97 Å². The fourth-order valence-electron chi connectivity index (χ4n) is 2.10. The third-order valence-electron chi connectivity index (χ3n) is 3.06. The molecule has 0 saturated carbocycles. The molecule has 0 atom stereocenters. The van der Waals surface area contributed by atoms with Gasteiger partial charge in [0.25, 0.3) is 0 Å². The number of rotatable bonds is 6. The molecule has 0 N–H and O–H groups in total. The monoisotopic (exact) mass is 327 g/mol. The molecule has 1 heterocycles. The van der Waals surface area contributed by atoms with E-state index in [4.69, 9.17) is 27.9 Å². The standard InChI is InChI=1S/C15H15Cl2NO3/c1-2-21-15(20)4-3-11(19)9-18-6-5-12-13(17)7-10(16)8-14(12)18/h5-8H,2-4,9H2,1H3. The summed E-state index contributed by atoms with van der Waals surface area (Å²) in [6, 6.07) is 5.27. The fraction of sp³-hybridized carbons (Fsp3) is 0.333. The second kappa shape index (κ2) is 6.96. The van der Waals surface area contributed by atoms with Gasteiger partial charge in [0.05, 0.1) is 30.1 Å². The van der Waals surface area contributed by atoms with Crippen molar-refractivity contribution in [3.8, 4) is 0 Å². The Morgan fingerprint density at radius 1 is 1.24 bits per heavy atom. The van der Waals surface area contributed by atoms with Crippen LogP contribution >= 0.6 is 23.2 Å². The van der Waals surface area contributed by atoms with Gasteiger partial charge in [-0.3, -0.25) is 9.59 Å². The first kappa shape index (κ1) is 15.9. The Kier molecular flexibility index (Phi) is 5.26. The lowest BCUT2D eigenvalue weighted by Gasteiger charge is -2.06. The van der Waals surface area contributed by atoms with Crippen LogP contribution in [0.15, 0.2) is 24.4 Å². The van der Waals surface area contributed by atoms with E-state index >= 15 is 0 Å². The van der Waals surface area contributed by atoms with Gasteiger partial charge in [0.1, 0.15) is 0 Å². The summed E-state index contributed by atoms with van der Waals surface area (Å²) < 4.78 is 6.57. The molecule has 0 unspecified atom stereocenters. The molecule has 0 fully saturated rings. The van der Waals surface area contributed by atoms with Crippen LogP contribution in [0, 0.1) is 0 Å². The number of carbonyl (C=O) groups excluding carboxylic acids is 2. The number of ether oxygens (including phenoxy) is 1. The van der Waals surface area contributed by atoms with Gasteiger partial charge in [0.2, 0.25) is 0 Å². The maximum atomic E-state index is 11.9. The van der Waals surface area contributed by atoms with Crippen molar-refractivity contribution in [2.75, 3.05) is 6.61 Å². The van der Waals surface area contributed by atoms with Crippen molar-refractivity contribution in [2.45, 2.75) is 26.3 Å². The molecule has 1 aromatic carbocycles. The molecule has 2 aromatic rings. The van der Waals surface area contributed by atoms with E-state index in [1.54, 1.807) is 29.8 Å². The van der Waals surface area contributed by atoms with Crippen LogP contribution in [0.3, 0.4) is 0 Å². The summed E-state index contributed by atoms with van der Waals surface area (Å²) in [5, 5.41) is 1.92. The summed E-state index contributed by atoms with van der Waals surface area (Å²) in [6.45, 7) is 2.24. The Labute approximate surface area is 132 Å². The van der Waals surface area contributed by atoms with Gasteiger partial charge in [0.15, 0.2) is 5.78 Å². The second-order valence-electron chi connectivity index (χ2n) is 4.61. The number of benzene rings is 1. The minimum absolute atomic E-state index is 0.0448. The second-order valence-corrected chi connectivity index (χ2v) is 5.45. The van der Waals surface area contributed by atoms with Crippen molar-refractivity contribution in [3.63, 3.8) is 0 Å². The van der Waals surface area contributed by atoms with Crippen LogP contribution in [0.2, 0.25) is 10.0 Å². The van der Waals surface area contributed by atoms with Gasteiger partial charge in [-0.1, -0.05) is 23.2 Å². The maximum Gasteiger partial charge on any atom is 0.306 e. The number of carbonyl (C=O) groups is 2. The topological polar surface area (TPSA) is 48.3 Å². The molecule has 0 aliphatic rings. The molecule has 0 bridgehead atoms. The van der Waals surface area contributed by atoms with Crippen LogP contribution in [0.1, 0.15) is 19.8 Å². The lowest BCUT2D eigenvalue weighted by Crippen LogP contribution is -2.12. The van der Waals surface area contributed by atoms with E-state index in [0.717, 1.165) is 10.9 Å². The molecule has 0 spiro atoms. The largest absolute Gasteiger partial charge is 0.466 e. The Morgan fingerprint density at radius 2 is 2.00 bits per heavy atom. The number of fused-ring (bicyclic) bond motifs is 1. The Balaban J connectivity index is 2.06. The maximum absolute atomic E-state index is 11.9. The van der Waals surface area contributed by atoms with Crippen molar-refractivity contribution >= 4 is 45.9 Å². The van der Waals surface area contributed by atoms with E-state index in [2.05, 4.69) is 0 Å². The van der Waals surface area contributed by atoms with Gasteiger partial charge in [-0.2, -0.15) is 0 Å². The van der Waals surface area contributed by atoms with Crippen molar-refractivity contribution in [2.24, 2.45) is 0 Å². The molecule has 112 valence electrons. The van der Waals surface area contributed by atoms with Crippen molar-refractivity contribution < 1.29 is 14.3 Å². The Hall–Kier alpha value is -1.52. The first-order chi connectivity index (χ1) is 10.0. The number of esters is 1. The van der Waals surface area contributed by atoms with Gasteiger partial charge in [-0.05, 0) is 25.1 Å². The molecule has 0 saturated heterocycles. The highest BCUT2D eigenvalue weighted by atomic mass is 35.5. The summed E-state index contributed by atoms with van der Waals surface area (Å²) in [6.07, 6.45) is 2.05. The smallest absolute Gasteiger partial charge is 0.306 e. The average Bonchev–Trinajstić information content (AvgIpc) is 2.80. The molecule has 1 aromatic heterocycles. The zero-order chi connectivity index (χ0) is 15.4. The highest BCUT2D eigenvalue weighted by molar-refractivity contribution is 6.38. The first-order valence-corrected chi connectivity index (χ1v) is 7.38. The molecule has 0 radical (unpaired) electrons. The van der Waals surface area contributed by atoms with Gasteiger partial charge < -0.3 is 9.30 Å². The fourth-order valence-corrected chi connectivity index (χ4v) is 2.65. The number of aromatic nitrogens is 1. The Bertz CT molecular complexity index is 679. The van der Waals surface area contributed by atoms with Crippen LogP contribution in [-0.2, 0) is 20.9 Å². The van der Waals surface area contributed by atoms with Crippen molar-refractivity contribution in [1.82, 2.24) is 4.57 Å². The minimum atomic E-state index is -0.352. The number of Topliss-reactive ketones (excluding diaryl/α,β-unsaturated/α-hetero) is 1. The molecule has 0 aliphatic heterocycles. The third-order valence-corrected chi connectivity index (χ3v) is 3.59. The van der Waals surface area contributed by atoms with Crippen LogP contribution in [0.4, 0.5) is 0 Å². The minimum Gasteiger partial charge on any atom is -0.466 e. The number of ketones is 1. The number of hydrogen-bond donors (Lipinski definition) is 0. The predicted octanol–water partition coefficient (Wildman–Crippen LogP) is 3.86. The summed E-state index contributed by atoms with van der Waals surface area (Å²) in [5.41, 5.74) is 0.803. The predicted molar refractivity (Wildman–Crippen MR) is 82.8 cm³/mol. The van der Waals surface area contributed by atoms with E-state index in [-0.39, 0.29) is 31.1 Å². The van der Waals surface area contributed by atoms with E-state index in [1.165, 1.54) is 0 Å². The molecular formula is C15H15Cl2NO3. The molecule has 0 aliphatic carbocycles. The quantitative estimate of drug-likeness (QED) is 0.757. The van der Waals surface area contributed by atoms with E-state index in [0.29, 0.717) is 16.7 Å². The molecule has 4 nitrogen and oxygen atoms in total. The van der Waals surface area contributed by atoms with E-state index in [9.17, 15) is 9.59 Å². The zero-order valence-corrected chi connectivity index (χ0v) is 13.1. The number of hydrogen-bond acceptors (Lipinski definition) is 3. The van der Waals surface area contributed by atoms with E-state index in [1.807, 2.05) is 6.07 Å². The van der Waals surface area contributed by atoms with Crippen LogP contribution in [-0.4, -0.2) is 22.9 Å². The van der Waals surface area contributed by atoms with Gasteiger partial charge in [-0.25, -0.2) is 0 Å². The van der Waals surface area contributed by atoms with E-state index < -0.39 is 0 Å². The SMILES string of the molecule is CCOC(=O)CCC(=O)Cn1ccc2c(Cl)cc(Cl)cc21. The molecule has 2 rings (SSSR count). The summed E-state index contributed by atoms with van der Waals surface area (Å²) in [5.74, 6) is -0.397. The molecule has 6 heteroatoms. The van der Waals surface area contributed by atoms with Crippen molar-refractivity contribution in [1.29, 1.82) is 0 Å². The van der Waals surface area contributed by atoms with Crippen LogP contribution in [0.25, 0.3) is 10.9 Å². The third kappa shape index (κ3) is 3.99. The summed E-state index contributed by atoms with van der Waals surface area (Å²) >= 11 is 12.1. The number of nitrogens with zero attached hydrogens (tertiary/aromatic N) is 1. The van der Waals surface area contributed by atoms with Crippen LogP contribution < -0.4 is 0 Å². The summed E-state index contributed by atoms with van der Waals surface area (Å²) in [4.78, 5) is 23.2. The highest BCUT2D eigenvalue weighted by Crippen LogP contribution is 2.28. The zero-order valence-electron chi connectivity index (χ0n) is 11.6. The Morgan fingerprint density at radius 3 is 2.71 bits per heavy atom. The van der Waals surface area contributed by atoms with Crippen molar-refractivity contribution in [3.05, 3.63) is 34.4 Å². The van der Waals surface area contributed by atoms with Gasteiger partial charge in [-0.15, -0.1) is 0 Å². The van der Waals surface area contributed by atoms with Gasteiger partial charge in [0, 0.05) is 23.0 Å². The highest BCUT2D eigenvalue weighted by Gasteiger charge is 2.11. The first-order valence-electron chi connectivity index (χ1n) is 6.62. The summed E-state index contributed by atoms with van der Waals surface area (Å²) in [7, 11) is 0.